The molecule has 0 aliphatic rings. The topological polar surface area (TPSA) is 95.5 Å². The van der Waals surface area contributed by atoms with Gasteiger partial charge in [0.05, 0.1) is 32.1 Å². The fourth-order valence-corrected chi connectivity index (χ4v) is 3.01. The van der Waals surface area contributed by atoms with E-state index in [1.54, 1.807) is 66.7 Å². The van der Waals surface area contributed by atoms with E-state index < -0.39 is 5.97 Å². The molecular formula is C27H28N2O6. The van der Waals surface area contributed by atoms with Gasteiger partial charge in [0, 0.05) is 5.56 Å². The highest BCUT2D eigenvalue weighted by molar-refractivity contribution is 5.95. The van der Waals surface area contributed by atoms with E-state index in [9.17, 15) is 9.59 Å². The molecule has 35 heavy (non-hydrogen) atoms. The van der Waals surface area contributed by atoms with Gasteiger partial charge in [-0.05, 0) is 85.6 Å². The lowest BCUT2D eigenvalue weighted by Gasteiger charge is -2.10. The van der Waals surface area contributed by atoms with Crippen LogP contribution in [-0.4, -0.2) is 38.4 Å². The molecule has 1 N–H and O–H groups in total. The minimum atomic E-state index is -0.519. The molecule has 0 aromatic heterocycles. The summed E-state index contributed by atoms with van der Waals surface area (Å²) in [6.07, 6.45) is 2.37. The summed E-state index contributed by atoms with van der Waals surface area (Å²) in [4.78, 5) is 24.8. The van der Waals surface area contributed by atoms with Gasteiger partial charge in [0.2, 0.25) is 0 Å². The van der Waals surface area contributed by atoms with E-state index in [2.05, 4.69) is 10.5 Å². The van der Waals surface area contributed by atoms with E-state index in [1.165, 1.54) is 13.3 Å². The summed E-state index contributed by atoms with van der Waals surface area (Å²) in [5, 5.41) is 3.99. The number of amides is 1. The first-order valence-corrected chi connectivity index (χ1v) is 11.2. The molecule has 0 unspecified atom stereocenters. The summed E-state index contributed by atoms with van der Waals surface area (Å²) in [6, 6.07) is 18.5. The van der Waals surface area contributed by atoms with Crippen molar-refractivity contribution in [3.8, 4) is 23.0 Å². The number of esters is 1. The number of carbonyl (C=O) groups excluding carboxylic acids is 2. The maximum absolute atomic E-state index is 12.5. The van der Waals surface area contributed by atoms with Crippen molar-refractivity contribution in [2.45, 2.75) is 20.3 Å². The van der Waals surface area contributed by atoms with Gasteiger partial charge in [0.15, 0.2) is 11.5 Å². The van der Waals surface area contributed by atoms with Crippen molar-refractivity contribution in [3.05, 3.63) is 83.4 Å². The van der Waals surface area contributed by atoms with Gasteiger partial charge < -0.3 is 18.9 Å². The Morgan fingerprint density at radius 3 is 2.14 bits per heavy atom. The SMILES string of the molecule is CCCOc1ccc(C(=O)Oc2ccc(/C=N/NC(=O)c3ccc(OCC)cc3)cc2OC)cc1. The number of rotatable bonds is 11. The molecule has 3 aromatic rings. The molecule has 3 aromatic carbocycles. The summed E-state index contributed by atoms with van der Waals surface area (Å²) in [5.74, 6) is 1.13. The average molecular weight is 477 g/mol. The zero-order valence-corrected chi connectivity index (χ0v) is 19.9. The summed E-state index contributed by atoms with van der Waals surface area (Å²) in [5.41, 5.74) is 3.96. The number of hydrazone groups is 1. The molecule has 0 aliphatic heterocycles. The minimum Gasteiger partial charge on any atom is -0.494 e. The van der Waals surface area contributed by atoms with Gasteiger partial charge in [0.1, 0.15) is 11.5 Å². The zero-order chi connectivity index (χ0) is 25.0. The van der Waals surface area contributed by atoms with E-state index in [4.69, 9.17) is 18.9 Å². The van der Waals surface area contributed by atoms with Crippen LogP contribution in [0.3, 0.4) is 0 Å². The van der Waals surface area contributed by atoms with Gasteiger partial charge in [-0.3, -0.25) is 4.79 Å². The Kier molecular flexibility index (Phi) is 9.24. The number of carbonyl (C=O) groups is 2. The van der Waals surface area contributed by atoms with E-state index in [1.807, 2.05) is 13.8 Å². The van der Waals surface area contributed by atoms with Gasteiger partial charge in [-0.25, -0.2) is 10.2 Å². The average Bonchev–Trinajstić information content (AvgIpc) is 2.89. The first kappa shape index (κ1) is 25.3. The number of hydrogen-bond donors (Lipinski definition) is 1. The Labute approximate surface area is 204 Å². The van der Waals surface area contributed by atoms with Gasteiger partial charge in [-0.15, -0.1) is 0 Å². The molecule has 8 heteroatoms. The highest BCUT2D eigenvalue weighted by Gasteiger charge is 2.13. The van der Waals surface area contributed by atoms with Crippen LogP contribution in [0.2, 0.25) is 0 Å². The quantitative estimate of drug-likeness (QED) is 0.184. The van der Waals surface area contributed by atoms with Crippen LogP contribution in [0.25, 0.3) is 0 Å². The molecule has 8 nitrogen and oxygen atoms in total. The van der Waals surface area contributed by atoms with Crippen LogP contribution in [0.1, 0.15) is 46.5 Å². The van der Waals surface area contributed by atoms with E-state index in [0.29, 0.717) is 47.2 Å². The lowest BCUT2D eigenvalue weighted by molar-refractivity contribution is 0.0729. The molecule has 1 amide bonds. The lowest BCUT2D eigenvalue weighted by atomic mass is 10.2. The van der Waals surface area contributed by atoms with Crippen LogP contribution in [0.15, 0.2) is 71.8 Å². The molecule has 3 rings (SSSR count). The normalized spacial score (nSPS) is 10.6. The van der Waals surface area contributed by atoms with Gasteiger partial charge in [-0.1, -0.05) is 6.92 Å². The standard InChI is InChI=1S/C27H28N2O6/c1-4-16-34-23-13-9-21(10-14-23)27(31)35-24-15-6-19(17-25(24)32-3)18-28-29-26(30)20-7-11-22(12-8-20)33-5-2/h6-15,17-18H,4-5,16H2,1-3H3,(H,29,30)/b28-18+. The van der Waals surface area contributed by atoms with Crippen LogP contribution < -0.4 is 24.4 Å². The smallest absolute Gasteiger partial charge is 0.343 e. The molecule has 0 radical (unpaired) electrons. The highest BCUT2D eigenvalue weighted by Crippen LogP contribution is 2.28. The Hall–Kier alpha value is -4.33. The Morgan fingerprint density at radius 2 is 1.51 bits per heavy atom. The van der Waals surface area contributed by atoms with Crippen molar-refractivity contribution < 1.29 is 28.5 Å². The second kappa shape index (κ2) is 12.8. The van der Waals surface area contributed by atoms with Crippen LogP contribution >= 0.6 is 0 Å². The lowest BCUT2D eigenvalue weighted by Crippen LogP contribution is -2.17. The third-order valence-electron chi connectivity index (χ3n) is 4.76. The van der Waals surface area contributed by atoms with Crippen molar-refractivity contribution in [3.63, 3.8) is 0 Å². The first-order chi connectivity index (χ1) is 17.0. The number of methoxy groups -OCH3 is 1. The number of nitrogens with zero attached hydrogens (tertiary/aromatic N) is 1. The molecule has 182 valence electrons. The molecule has 0 spiro atoms. The van der Waals surface area contributed by atoms with Crippen LogP contribution in [0.4, 0.5) is 0 Å². The second-order valence-electron chi connectivity index (χ2n) is 7.33. The molecule has 0 aliphatic carbocycles. The predicted octanol–water partition coefficient (Wildman–Crippen LogP) is 4.87. The van der Waals surface area contributed by atoms with Crippen molar-refractivity contribution in [2.75, 3.05) is 20.3 Å². The highest BCUT2D eigenvalue weighted by atomic mass is 16.6. The van der Waals surface area contributed by atoms with Gasteiger partial charge in [0.25, 0.3) is 5.91 Å². The van der Waals surface area contributed by atoms with Gasteiger partial charge >= 0.3 is 5.97 Å². The van der Waals surface area contributed by atoms with Crippen molar-refractivity contribution in [2.24, 2.45) is 5.10 Å². The number of ether oxygens (including phenoxy) is 4. The molecule has 0 saturated carbocycles. The van der Waals surface area contributed by atoms with E-state index in [0.717, 1.165) is 6.42 Å². The molecule has 0 atom stereocenters. The zero-order valence-electron chi connectivity index (χ0n) is 19.9. The van der Waals surface area contributed by atoms with Crippen LogP contribution in [-0.2, 0) is 0 Å². The Balaban J connectivity index is 1.60. The van der Waals surface area contributed by atoms with Gasteiger partial charge in [-0.2, -0.15) is 5.10 Å². The van der Waals surface area contributed by atoms with Crippen molar-refractivity contribution in [1.82, 2.24) is 5.43 Å². The maximum Gasteiger partial charge on any atom is 0.343 e. The number of nitrogens with one attached hydrogen (secondary N) is 1. The maximum atomic E-state index is 12.5. The van der Waals surface area contributed by atoms with Crippen molar-refractivity contribution >= 4 is 18.1 Å². The molecule has 0 fully saturated rings. The second-order valence-corrected chi connectivity index (χ2v) is 7.33. The third-order valence-corrected chi connectivity index (χ3v) is 4.76. The summed E-state index contributed by atoms with van der Waals surface area (Å²) >= 11 is 0. The number of benzene rings is 3. The first-order valence-electron chi connectivity index (χ1n) is 11.2. The fourth-order valence-electron chi connectivity index (χ4n) is 3.01. The van der Waals surface area contributed by atoms with Crippen LogP contribution in [0, 0.1) is 0 Å². The monoisotopic (exact) mass is 476 g/mol. The van der Waals surface area contributed by atoms with E-state index >= 15 is 0 Å². The third kappa shape index (κ3) is 7.33. The Morgan fingerprint density at radius 1 is 0.857 bits per heavy atom. The summed E-state index contributed by atoms with van der Waals surface area (Å²) in [6.45, 7) is 5.08. The number of hydrogen-bond acceptors (Lipinski definition) is 7. The summed E-state index contributed by atoms with van der Waals surface area (Å²) < 4.78 is 21.7. The van der Waals surface area contributed by atoms with E-state index in [-0.39, 0.29) is 11.7 Å². The molecule has 0 heterocycles. The summed E-state index contributed by atoms with van der Waals surface area (Å²) in [7, 11) is 1.47. The largest absolute Gasteiger partial charge is 0.494 e. The van der Waals surface area contributed by atoms with Crippen LogP contribution in [0.5, 0.6) is 23.0 Å². The molecular weight excluding hydrogens is 448 g/mol. The molecule has 0 saturated heterocycles. The fraction of sp³-hybridized carbons (Fsp3) is 0.222. The minimum absolute atomic E-state index is 0.263. The predicted molar refractivity (Wildman–Crippen MR) is 133 cm³/mol. The van der Waals surface area contributed by atoms with Crippen molar-refractivity contribution in [1.29, 1.82) is 0 Å². The molecule has 0 bridgehead atoms. The Bertz CT molecular complexity index is 1160.